The van der Waals surface area contributed by atoms with Gasteiger partial charge >= 0.3 is 0 Å². The van der Waals surface area contributed by atoms with Gasteiger partial charge in [-0.25, -0.2) is 0 Å². The van der Waals surface area contributed by atoms with E-state index in [4.69, 9.17) is 11.6 Å². The molecule has 0 bridgehead atoms. The predicted molar refractivity (Wildman–Crippen MR) is 142 cm³/mol. The summed E-state index contributed by atoms with van der Waals surface area (Å²) in [7, 11) is 0. The van der Waals surface area contributed by atoms with Gasteiger partial charge in [0.2, 0.25) is 16.2 Å². The SMILES string of the molecule is O=C(NCCCN1CCN(c2cccc(Cl)c2)CC1)C1CCCN(c2nnc(-n3cccc3)s2)C1. The number of benzene rings is 1. The van der Waals surface area contributed by atoms with Crippen molar-refractivity contribution in [1.29, 1.82) is 0 Å². The molecule has 1 amide bonds. The highest BCUT2D eigenvalue weighted by Gasteiger charge is 2.27. The molecule has 35 heavy (non-hydrogen) atoms. The monoisotopic (exact) mass is 513 g/mol. The van der Waals surface area contributed by atoms with Crippen LogP contribution in [0.2, 0.25) is 5.02 Å². The molecular formula is C25H32ClN7OS. The minimum absolute atomic E-state index is 0.00363. The van der Waals surface area contributed by atoms with Crippen LogP contribution in [0.15, 0.2) is 48.8 Å². The molecule has 1 atom stereocenters. The van der Waals surface area contributed by atoms with Crippen molar-refractivity contribution < 1.29 is 4.79 Å². The van der Waals surface area contributed by atoms with Crippen molar-refractivity contribution in [3.8, 4) is 5.13 Å². The van der Waals surface area contributed by atoms with Gasteiger partial charge in [0.15, 0.2) is 0 Å². The van der Waals surface area contributed by atoms with Crippen LogP contribution in [-0.2, 0) is 4.79 Å². The fraction of sp³-hybridized carbons (Fsp3) is 0.480. The zero-order valence-electron chi connectivity index (χ0n) is 19.9. The maximum absolute atomic E-state index is 12.8. The first kappa shape index (κ1) is 24.1. The van der Waals surface area contributed by atoms with Crippen molar-refractivity contribution in [3.05, 3.63) is 53.8 Å². The van der Waals surface area contributed by atoms with E-state index in [-0.39, 0.29) is 11.8 Å². The Morgan fingerprint density at radius 1 is 1.03 bits per heavy atom. The number of piperazine rings is 1. The van der Waals surface area contributed by atoms with Crippen molar-refractivity contribution in [3.63, 3.8) is 0 Å². The number of aromatic nitrogens is 3. The number of rotatable bonds is 8. The van der Waals surface area contributed by atoms with E-state index in [1.807, 2.05) is 47.3 Å². The van der Waals surface area contributed by atoms with Gasteiger partial charge in [0.25, 0.3) is 0 Å². The summed E-state index contributed by atoms with van der Waals surface area (Å²) in [5.74, 6) is 0.166. The molecule has 2 saturated heterocycles. The van der Waals surface area contributed by atoms with Crippen molar-refractivity contribution in [2.75, 3.05) is 62.2 Å². The number of hydrogen-bond acceptors (Lipinski definition) is 7. The van der Waals surface area contributed by atoms with Crippen LogP contribution >= 0.6 is 22.9 Å². The topological polar surface area (TPSA) is 69.5 Å². The molecule has 0 spiro atoms. The van der Waals surface area contributed by atoms with E-state index in [1.54, 1.807) is 11.3 Å². The second kappa shape index (κ2) is 11.4. The Labute approximate surface area is 215 Å². The van der Waals surface area contributed by atoms with E-state index in [2.05, 4.69) is 36.3 Å². The van der Waals surface area contributed by atoms with Crippen LogP contribution in [0.25, 0.3) is 5.13 Å². The Morgan fingerprint density at radius 3 is 2.63 bits per heavy atom. The normalized spacial score (nSPS) is 19.2. The van der Waals surface area contributed by atoms with Crippen molar-refractivity contribution in [2.45, 2.75) is 19.3 Å². The standard InChI is InChI=1S/C25H32ClN7OS/c26-21-7-3-8-22(18-21)31-16-14-30(15-17-31)10-5-9-27-23(34)20-6-4-13-33(19-20)25-29-28-24(35-25)32-11-1-2-12-32/h1-3,7-8,11-12,18,20H,4-6,9-10,13-17,19H2,(H,27,34). The Balaban J connectivity index is 1.02. The van der Waals surface area contributed by atoms with Crippen molar-refractivity contribution >= 4 is 39.7 Å². The van der Waals surface area contributed by atoms with E-state index < -0.39 is 0 Å². The quantitative estimate of drug-likeness (QED) is 0.465. The van der Waals surface area contributed by atoms with Gasteiger partial charge in [-0.15, -0.1) is 10.2 Å². The van der Waals surface area contributed by atoms with Gasteiger partial charge in [-0.05, 0) is 56.1 Å². The molecule has 2 fully saturated rings. The highest BCUT2D eigenvalue weighted by molar-refractivity contribution is 7.17. The fourth-order valence-electron chi connectivity index (χ4n) is 4.83. The first-order chi connectivity index (χ1) is 17.2. The molecule has 8 nitrogen and oxygen atoms in total. The second-order valence-corrected chi connectivity index (χ2v) is 10.6. The summed E-state index contributed by atoms with van der Waals surface area (Å²) in [6, 6.07) is 12.0. The van der Waals surface area contributed by atoms with Gasteiger partial charge in [-0.2, -0.15) is 0 Å². The molecule has 0 saturated carbocycles. The summed E-state index contributed by atoms with van der Waals surface area (Å²) in [5.41, 5.74) is 1.19. The lowest BCUT2D eigenvalue weighted by atomic mass is 9.97. The van der Waals surface area contributed by atoms with E-state index >= 15 is 0 Å². The fourth-order valence-corrected chi connectivity index (χ4v) is 5.86. The predicted octanol–water partition coefficient (Wildman–Crippen LogP) is 3.53. The molecule has 186 valence electrons. The molecule has 1 unspecified atom stereocenters. The number of amides is 1. The third-order valence-corrected chi connectivity index (χ3v) is 8.02. The first-order valence-corrected chi connectivity index (χ1v) is 13.6. The van der Waals surface area contributed by atoms with Gasteiger partial charge in [-0.1, -0.05) is 29.0 Å². The summed E-state index contributed by atoms with van der Waals surface area (Å²) >= 11 is 7.70. The van der Waals surface area contributed by atoms with Gasteiger partial charge < -0.3 is 15.1 Å². The second-order valence-electron chi connectivity index (χ2n) is 9.20. The number of halogens is 1. The average Bonchev–Trinajstić information content (AvgIpc) is 3.60. The molecule has 1 N–H and O–H groups in total. The van der Waals surface area contributed by atoms with E-state index in [0.717, 1.165) is 80.4 Å². The van der Waals surface area contributed by atoms with Crippen molar-refractivity contribution in [2.24, 2.45) is 5.92 Å². The highest BCUT2D eigenvalue weighted by Crippen LogP contribution is 2.28. The molecule has 0 aliphatic carbocycles. The van der Waals surface area contributed by atoms with E-state index in [9.17, 15) is 4.79 Å². The molecule has 2 aromatic heterocycles. The molecular weight excluding hydrogens is 482 g/mol. The number of nitrogens with one attached hydrogen (secondary N) is 1. The third kappa shape index (κ3) is 6.15. The van der Waals surface area contributed by atoms with Crippen LogP contribution in [0, 0.1) is 5.92 Å². The molecule has 10 heteroatoms. The molecule has 4 heterocycles. The summed E-state index contributed by atoms with van der Waals surface area (Å²) in [6.07, 6.45) is 6.83. The largest absolute Gasteiger partial charge is 0.369 e. The van der Waals surface area contributed by atoms with Crippen LogP contribution in [0.3, 0.4) is 0 Å². The van der Waals surface area contributed by atoms with Crippen LogP contribution in [-0.4, -0.2) is 77.9 Å². The van der Waals surface area contributed by atoms with Gasteiger partial charge in [0, 0.05) is 68.9 Å². The van der Waals surface area contributed by atoms with Crippen LogP contribution in [0.1, 0.15) is 19.3 Å². The van der Waals surface area contributed by atoms with Crippen molar-refractivity contribution in [1.82, 2.24) is 25.0 Å². The minimum Gasteiger partial charge on any atom is -0.369 e. The Kier molecular flexibility index (Phi) is 7.85. The smallest absolute Gasteiger partial charge is 0.224 e. The number of carbonyl (C=O) groups is 1. The molecule has 2 aliphatic heterocycles. The average molecular weight is 514 g/mol. The highest BCUT2D eigenvalue weighted by atomic mass is 35.5. The summed E-state index contributed by atoms with van der Waals surface area (Å²) < 4.78 is 1.96. The zero-order chi connectivity index (χ0) is 24.0. The number of hydrogen-bond donors (Lipinski definition) is 1. The Morgan fingerprint density at radius 2 is 1.83 bits per heavy atom. The van der Waals surface area contributed by atoms with Crippen LogP contribution in [0.5, 0.6) is 0 Å². The third-order valence-electron chi connectivity index (χ3n) is 6.79. The molecule has 5 rings (SSSR count). The van der Waals surface area contributed by atoms with E-state index in [1.165, 1.54) is 5.69 Å². The first-order valence-electron chi connectivity index (χ1n) is 12.4. The lowest BCUT2D eigenvalue weighted by Crippen LogP contribution is -2.47. The van der Waals surface area contributed by atoms with Crippen LogP contribution < -0.4 is 15.1 Å². The van der Waals surface area contributed by atoms with Gasteiger partial charge in [-0.3, -0.25) is 14.3 Å². The molecule has 3 aromatic rings. The Bertz CT molecular complexity index is 1100. The zero-order valence-corrected chi connectivity index (χ0v) is 21.4. The molecule has 0 radical (unpaired) electrons. The number of carbonyl (C=O) groups excluding carboxylic acids is 1. The Hall–Kier alpha value is -2.62. The molecule has 1 aromatic carbocycles. The maximum Gasteiger partial charge on any atom is 0.224 e. The van der Waals surface area contributed by atoms with Crippen LogP contribution in [0.4, 0.5) is 10.8 Å². The summed E-state index contributed by atoms with van der Waals surface area (Å²) in [4.78, 5) is 19.9. The summed E-state index contributed by atoms with van der Waals surface area (Å²) in [5, 5.41) is 14.4. The van der Waals surface area contributed by atoms with Gasteiger partial charge in [0.05, 0.1) is 5.92 Å². The molecule has 2 aliphatic rings. The summed E-state index contributed by atoms with van der Waals surface area (Å²) in [6.45, 7) is 7.43. The number of anilines is 2. The van der Waals surface area contributed by atoms with E-state index in [0.29, 0.717) is 6.54 Å². The lowest BCUT2D eigenvalue weighted by Gasteiger charge is -2.36. The number of piperidine rings is 1. The maximum atomic E-state index is 12.8. The lowest BCUT2D eigenvalue weighted by molar-refractivity contribution is -0.125. The number of nitrogens with zero attached hydrogens (tertiary/aromatic N) is 6. The minimum atomic E-state index is 0.00363. The van der Waals surface area contributed by atoms with Gasteiger partial charge in [0.1, 0.15) is 0 Å².